The zero-order valence-corrected chi connectivity index (χ0v) is 9.82. The van der Waals surface area contributed by atoms with Crippen LogP contribution in [0.2, 0.25) is 0 Å². The minimum atomic E-state index is 1.13. The van der Waals surface area contributed by atoms with E-state index in [0.29, 0.717) is 0 Å². The van der Waals surface area contributed by atoms with Crippen molar-refractivity contribution in [2.24, 2.45) is 0 Å². The van der Waals surface area contributed by atoms with Crippen LogP contribution in [0.15, 0.2) is 73.3 Å². The van der Waals surface area contributed by atoms with Crippen molar-refractivity contribution in [2.75, 3.05) is 0 Å². The SMILES string of the molecule is c1cncc(-c2cccc(-c3cccnc3)c2)c1. The van der Waals surface area contributed by atoms with Gasteiger partial charge >= 0.3 is 0 Å². The van der Waals surface area contributed by atoms with E-state index in [1.165, 1.54) is 11.1 Å². The van der Waals surface area contributed by atoms with Gasteiger partial charge in [0.05, 0.1) is 0 Å². The first-order chi connectivity index (χ1) is 8.93. The lowest BCUT2D eigenvalue weighted by Crippen LogP contribution is -1.82. The van der Waals surface area contributed by atoms with Gasteiger partial charge in [0.1, 0.15) is 0 Å². The van der Waals surface area contributed by atoms with E-state index in [0.717, 1.165) is 11.1 Å². The van der Waals surface area contributed by atoms with Crippen LogP contribution in [0.25, 0.3) is 22.3 Å². The lowest BCUT2D eigenvalue weighted by atomic mass is 10.0. The van der Waals surface area contributed by atoms with Gasteiger partial charge in [0.25, 0.3) is 0 Å². The Kier molecular flexibility index (Phi) is 2.84. The van der Waals surface area contributed by atoms with Crippen LogP contribution < -0.4 is 0 Å². The average molecular weight is 232 g/mol. The highest BCUT2D eigenvalue weighted by atomic mass is 14.6. The molecule has 0 aliphatic heterocycles. The van der Waals surface area contributed by atoms with Crippen molar-refractivity contribution < 1.29 is 0 Å². The maximum atomic E-state index is 4.15. The third-order valence-corrected chi connectivity index (χ3v) is 2.85. The molecule has 0 atom stereocenters. The van der Waals surface area contributed by atoms with Crippen LogP contribution in [0.5, 0.6) is 0 Å². The topological polar surface area (TPSA) is 25.8 Å². The molecule has 0 aliphatic carbocycles. The van der Waals surface area contributed by atoms with Gasteiger partial charge in [-0.2, -0.15) is 0 Å². The number of pyridine rings is 2. The number of rotatable bonds is 2. The van der Waals surface area contributed by atoms with Crippen LogP contribution in [0, 0.1) is 0 Å². The number of hydrogen-bond acceptors (Lipinski definition) is 2. The first kappa shape index (κ1) is 10.7. The molecular weight excluding hydrogens is 220 g/mol. The molecule has 0 fully saturated rings. The molecule has 0 spiro atoms. The minimum absolute atomic E-state index is 1.13. The normalized spacial score (nSPS) is 10.2. The molecule has 0 saturated carbocycles. The van der Waals surface area contributed by atoms with Gasteiger partial charge in [-0.1, -0.05) is 30.3 Å². The van der Waals surface area contributed by atoms with Crippen molar-refractivity contribution in [3.05, 3.63) is 73.3 Å². The summed E-state index contributed by atoms with van der Waals surface area (Å²) in [7, 11) is 0. The fourth-order valence-electron chi connectivity index (χ4n) is 1.95. The molecule has 18 heavy (non-hydrogen) atoms. The van der Waals surface area contributed by atoms with E-state index in [9.17, 15) is 0 Å². The Balaban J connectivity index is 2.05. The molecule has 3 aromatic rings. The molecule has 1 aromatic carbocycles. The first-order valence-electron chi connectivity index (χ1n) is 5.84. The number of benzene rings is 1. The van der Waals surface area contributed by atoms with E-state index in [4.69, 9.17) is 0 Å². The molecule has 0 N–H and O–H groups in total. The molecule has 2 aromatic heterocycles. The van der Waals surface area contributed by atoms with Crippen LogP contribution >= 0.6 is 0 Å². The van der Waals surface area contributed by atoms with E-state index in [1.54, 1.807) is 12.4 Å². The summed E-state index contributed by atoms with van der Waals surface area (Å²) >= 11 is 0. The summed E-state index contributed by atoms with van der Waals surface area (Å²) in [4.78, 5) is 8.30. The van der Waals surface area contributed by atoms with Gasteiger partial charge in [-0.15, -0.1) is 0 Å². The smallest absolute Gasteiger partial charge is 0.0346 e. The molecular formula is C16H12N2. The zero-order valence-electron chi connectivity index (χ0n) is 9.82. The number of aromatic nitrogens is 2. The third kappa shape index (κ3) is 2.13. The first-order valence-corrected chi connectivity index (χ1v) is 5.84. The largest absolute Gasteiger partial charge is 0.264 e. The molecule has 2 heteroatoms. The van der Waals surface area contributed by atoms with Crippen molar-refractivity contribution in [1.29, 1.82) is 0 Å². The summed E-state index contributed by atoms with van der Waals surface area (Å²) in [5.74, 6) is 0. The molecule has 2 nitrogen and oxygen atoms in total. The molecule has 0 bridgehead atoms. The monoisotopic (exact) mass is 232 g/mol. The Morgan fingerprint density at radius 1 is 0.556 bits per heavy atom. The fourth-order valence-corrected chi connectivity index (χ4v) is 1.95. The average Bonchev–Trinajstić information content (AvgIpc) is 2.49. The van der Waals surface area contributed by atoms with Gasteiger partial charge < -0.3 is 0 Å². The van der Waals surface area contributed by atoms with Gasteiger partial charge in [0.15, 0.2) is 0 Å². The number of hydrogen-bond donors (Lipinski definition) is 0. The molecule has 0 saturated heterocycles. The highest BCUT2D eigenvalue weighted by Crippen LogP contribution is 2.25. The minimum Gasteiger partial charge on any atom is -0.264 e. The Hall–Kier alpha value is -2.48. The number of nitrogens with zero attached hydrogens (tertiary/aromatic N) is 2. The van der Waals surface area contributed by atoms with Gasteiger partial charge in [0, 0.05) is 35.9 Å². The molecule has 0 aliphatic rings. The molecule has 3 rings (SSSR count). The standard InChI is InChI=1S/C16H12N2/c1-4-13(15-6-2-8-17-11-15)10-14(5-1)16-7-3-9-18-12-16/h1-12H. The van der Waals surface area contributed by atoms with E-state index >= 15 is 0 Å². The van der Waals surface area contributed by atoms with Crippen molar-refractivity contribution in [2.45, 2.75) is 0 Å². The summed E-state index contributed by atoms with van der Waals surface area (Å²) in [6, 6.07) is 16.4. The second-order valence-electron chi connectivity index (χ2n) is 4.06. The van der Waals surface area contributed by atoms with Gasteiger partial charge in [-0.25, -0.2) is 0 Å². The van der Waals surface area contributed by atoms with Crippen molar-refractivity contribution in [3.63, 3.8) is 0 Å². The van der Waals surface area contributed by atoms with Gasteiger partial charge in [-0.05, 0) is 29.3 Å². The summed E-state index contributed by atoms with van der Waals surface area (Å²) in [6.45, 7) is 0. The quantitative estimate of drug-likeness (QED) is 0.671. The maximum absolute atomic E-state index is 4.15. The zero-order chi connectivity index (χ0) is 12.2. The highest BCUT2D eigenvalue weighted by Gasteiger charge is 2.01. The Labute approximate surface area is 106 Å². The third-order valence-electron chi connectivity index (χ3n) is 2.85. The second-order valence-corrected chi connectivity index (χ2v) is 4.06. The lowest BCUT2D eigenvalue weighted by Gasteiger charge is -2.05. The van der Waals surface area contributed by atoms with E-state index in [-0.39, 0.29) is 0 Å². The van der Waals surface area contributed by atoms with Gasteiger partial charge in [-0.3, -0.25) is 9.97 Å². The second kappa shape index (κ2) is 4.80. The highest BCUT2D eigenvalue weighted by molar-refractivity contribution is 5.72. The molecule has 86 valence electrons. The summed E-state index contributed by atoms with van der Waals surface area (Å²) in [5.41, 5.74) is 4.60. The van der Waals surface area contributed by atoms with Gasteiger partial charge in [0.2, 0.25) is 0 Å². The molecule has 0 amide bonds. The van der Waals surface area contributed by atoms with Crippen LogP contribution in [-0.4, -0.2) is 9.97 Å². The predicted molar refractivity (Wildman–Crippen MR) is 72.9 cm³/mol. The molecule has 0 radical (unpaired) electrons. The van der Waals surface area contributed by atoms with Crippen LogP contribution in [0.1, 0.15) is 0 Å². The van der Waals surface area contributed by atoms with Crippen molar-refractivity contribution in [1.82, 2.24) is 9.97 Å². The predicted octanol–water partition coefficient (Wildman–Crippen LogP) is 3.81. The summed E-state index contributed by atoms with van der Waals surface area (Å²) < 4.78 is 0. The van der Waals surface area contributed by atoms with Crippen LogP contribution in [0.4, 0.5) is 0 Å². The Morgan fingerprint density at radius 3 is 1.50 bits per heavy atom. The van der Waals surface area contributed by atoms with E-state index < -0.39 is 0 Å². The van der Waals surface area contributed by atoms with Crippen molar-refractivity contribution in [3.8, 4) is 22.3 Å². The summed E-state index contributed by atoms with van der Waals surface area (Å²) in [6.07, 6.45) is 7.33. The Bertz CT molecular complexity index is 579. The van der Waals surface area contributed by atoms with E-state index in [1.807, 2.05) is 24.5 Å². The fraction of sp³-hybridized carbons (Fsp3) is 0. The van der Waals surface area contributed by atoms with Crippen LogP contribution in [-0.2, 0) is 0 Å². The molecule has 0 unspecified atom stereocenters. The lowest BCUT2D eigenvalue weighted by molar-refractivity contribution is 1.32. The van der Waals surface area contributed by atoms with E-state index in [2.05, 4.69) is 46.4 Å². The molecule has 2 heterocycles. The maximum Gasteiger partial charge on any atom is 0.0346 e. The van der Waals surface area contributed by atoms with Crippen molar-refractivity contribution >= 4 is 0 Å². The summed E-state index contributed by atoms with van der Waals surface area (Å²) in [5, 5.41) is 0. The Morgan fingerprint density at radius 2 is 1.06 bits per heavy atom. The van der Waals surface area contributed by atoms with Crippen LogP contribution in [0.3, 0.4) is 0 Å².